The summed E-state index contributed by atoms with van der Waals surface area (Å²) in [6.45, 7) is 0. The van der Waals surface area contributed by atoms with E-state index < -0.39 is 23.7 Å². The Morgan fingerprint density at radius 1 is 0.960 bits per heavy atom. The van der Waals surface area contributed by atoms with Gasteiger partial charge in [0.25, 0.3) is 0 Å². The van der Waals surface area contributed by atoms with E-state index in [2.05, 4.69) is 5.32 Å². The van der Waals surface area contributed by atoms with Gasteiger partial charge in [0, 0.05) is 24.8 Å². The first kappa shape index (κ1) is 18.3. The zero-order valence-corrected chi connectivity index (χ0v) is 13.4. The number of rotatable bonds is 8. The van der Waals surface area contributed by atoms with E-state index in [1.807, 2.05) is 6.07 Å². The van der Waals surface area contributed by atoms with Crippen molar-refractivity contribution in [2.45, 2.75) is 25.3 Å². The molecule has 2 aromatic rings. The van der Waals surface area contributed by atoms with Crippen LogP contribution in [0.3, 0.4) is 0 Å². The largest absolute Gasteiger partial charge is 0.480 e. The third kappa shape index (κ3) is 5.84. The molecule has 0 saturated carbocycles. The first-order valence-electron chi connectivity index (χ1n) is 7.80. The topological polar surface area (TPSA) is 83.5 Å². The minimum Gasteiger partial charge on any atom is -0.480 e. The molecule has 0 fully saturated rings. The van der Waals surface area contributed by atoms with E-state index in [0.29, 0.717) is 5.56 Å². The van der Waals surface area contributed by atoms with Gasteiger partial charge in [-0.25, -0.2) is 9.18 Å². The summed E-state index contributed by atoms with van der Waals surface area (Å²) in [5.74, 6) is -2.40. The van der Waals surface area contributed by atoms with E-state index in [9.17, 15) is 23.9 Å². The molecular formula is C19H18FNO4. The molecule has 6 heteroatoms. The van der Waals surface area contributed by atoms with Crippen molar-refractivity contribution in [1.29, 1.82) is 0 Å². The Kier molecular flexibility index (Phi) is 6.39. The highest BCUT2D eigenvalue weighted by atomic mass is 19.1. The minimum atomic E-state index is -1.14. The van der Waals surface area contributed by atoms with E-state index in [4.69, 9.17) is 0 Å². The second-order valence-corrected chi connectivity index (χ2v) is 5.58. The fraction of sp³-hybridized carbons (Fsp3) is 0.211. The van der Waals surface area contributed by atoms with Crippen molar-refractivity contribution in [1.82, 2.24) is 5.32 Å². The van der Waals surface area contributed by atoms with Gasteiger partial charge in [0.1, 0.15) is 11.9 Å². The Hall–Kier alpha value is -3.02. The van der Waals surface area contributed by atoms with Gasteiger partial charge in [0.15, 0.2) is 5.78 Å². The van der Waals surface area contributed by atoms with Crippen LogP contribution < -0.4 is 5.32 Å². The normalized spacial score (nSPS) is 11.6. The molecule has 1 unspecified atom stereocenters. The van der Waals surface area contributed by atoms with Crippen LogP contribution in [0.4, 0.5) is 4.39 Å². The summed E-state index contributed by atoms with van der Waals surface area (Å²) in [5, 5.41) is 11.7. The molecule has 1 atom stereocenters. The molecule has 0 spiro atoms. The first-order valence-corrected chi connectivity index (χ1v) is 7.80. The number of carbonyl (C=O) groups excluding carboxylic acids is 2. The van der Waals surface area contributed by atoms with Gasteiger partial charge in [-0.15, -0.1) is 0 Å². The van der Waals surface area contributed by atoms with Gasteiger partial charge in [0.05, 0.1) is 0 Å². The summed E-state index contributed by atoms with van der Waals surface area (Å²) >= 11 is 0. The zero-order valence-electron chi connectivity index (χ0n) is 13.4. The first-order chi connectivity index (χ1) is 12.0. The van der Waals surface area contributed by atoms with Crippen LogP contribution >= 0.6 is 0 Å². The number of carboxylic acid groups (broad SMARTS) is 1. The number of Topliss-reactive ketones (excluding diaryl/α,β-unsaturated/α-hetero) is 1. The van der Waals surface area contributed by atoms with Crippen molar-refractivity contribution in [3.05, 3.63) is 71.5 Å². The quantitative estimate of drug-likeness (QED) is 0.722. The molecule has 0 aliphatic carbocycles. The van der Waals surface area contributed by atoms with Crippen LogP contribution in [0.2, 0.25) is 0 Å². The SMILES string of the molecule is O=C(CCC(=O)c1ccc(F)cc1)NC(Cc1ccccc1)C(=O)O. The third-order valence-electron chi connectivity index (χ3n) is 3.66. The van der Waals surface area contributed by atoms with Crippen LogP contribution in [0.15, 0.2) is 54.6 Å². The van der Waals surface area contributed by atoms with Crippen LogP contribution in [-0.2, 0) is 16.0 Å². The highest BCUT2D eigenvalue weighted by Crippen LogP contribution is 2.08. The van der Waals surface area contributed by atoms with Crippen LogP contribution in [0.25, 0.3) is 0 Å². The number of amides is 1. The number of nitrogens with one attached hydrogen (secondary N) is 1. The fourth-order valence-electron chi connectivity index (χ4n) is 2.32. The summed E-state index contributed by atoms with van der Waals surface area (Å²) in [5.41, 5.74) is 1.10. The van der Waals surface area contributed by atoms with Crippen LogP contribution in [0, 0.1) is 5.82 Å². The molecule has 0 aliphatic rings. The smallest absolute Gasteiger partial charge is 0.326 e. The number of benzene rings is 2. The number of aliphatic carboxylic acids is 1. The van der Waals surface area contributed by atoms with Gasteiger partial charge in [-0.05, 0) is 29.8 Å². The zero-order chi connectivity index (χ0) is 18.2. The minimum absolute atomic E-state index is 0.0743. The van der Waals surface area contributed by atoms with Gasteiger partial charge in [-0.3, -0.25) is 9.59 Å². The van der Waals surface area contributed by atoms with E-state index in [1.165, 1.54) is 24.3 Å². The molecule has 25 heavy (non-hydrogen) atoms. The lowest BCUT2D eigenvalue weighted by Crippen LogP contribution is -2.42. The highest BCUT2D eigenvalue weighted by molar-refractivity contribution is 5.98. The van der Waals surface area contributed by atoms with Gasteiger partial charge in [-0.1, -0.05) is 30.3 Å². The molecule has 2 aromatic carbocycles. The number of carbonyl (C=O) groups is 3. The highest BCUT2D eigenvalue weighted by Gasteiger charge is 2.20. The van der Waals surface area contributed by atoms with Crippen molar-refractivity contribution in [2.24, 2.45) is 0 Å². The van der Waals surface area contributed by atoms with Gasteiger partial charge >= 0.3 is 5.97 Å². The predicted octanol–water partition coefficient (Wildman–Crippen LogP) is 2.60. The summed E-state index contributed by atoms with van der Waals surface area (Å²) in [6.07, 6.45) is -0.0439. The van der Waals surface area contributed by atoms with Crippen molar-refractivity contribution >= 4 is 17.7 Å². The lowest BCUT2D eigenvalue weighted by atomic mass is 10.0. The molecule has 0 saturated heterocycles. The summed E-state index contributed by atoms with van der Waals surface area (Å²) in [4.78, 5) is 35.2. The molecule has 0 aliphatic heterocycles. The Morgan fingerprint density at radius 2 is 1.60 bits per heavy atom. The van der Waals surface area contributed by atoms with Crippen LogP contribution in [-0.4, -0.2) is 28.8 Å². The van der Waals surface area contributed by atoms with Crippen molar-refractivity contribution in [3.8, 4) is 0 Å². The second kappa shape index (κ2) is 8.73. The third-order valence-corrected chi connectivity index (χ3v) is 3.66. The van der Waals surface area contributed by atoms with E-state index in [1.54, 1.807) is 24.3 Å². The molecule has 2 rings (SSSR count). The number of ketones is 1. The van der Waals surface area contributed by atoms with Crippen LogP contribution in [0.1, 0.15) is 28.8 Å². The molecule has 0 heterocycles. The Bertz CT molecular complexity index is 744. The van der Waals surface area contributed by atoms with E-state index in [-0.39, 0.29) is 25.0 Å². The molecule has 0 radical (unpaired) electrons. The lowest BCUT2D eigenvalue weighted by Gasteiger charge is -2.14. The molecule has 1 amide bonds. The maximum absolute atomic E-state index is 12.8. The molecular weight excluding hydrogens is 325 g/mol. The Labute approximate surface area is 144 Å². The molecule has 130 valence electrons. The maximum Gasteiger partial charge on any atom is 0.326 e. The lowest BCUT2D eigenvalue weighted by molar-refractivity contribution is -0.141. The summed E-state index contributed by atoms with van der Waals surface area (Å²) in [7, 11) is 0. The summed E-state index contributed by atoms with van der Waals surface area (Å²) in [6, 6.07) is 12.9. The van der Waals surface area contributed by atoms with E-state index in [0.717, 1.165) is 5.56 Å². The average molecular weight is 343 g/mol. The predicted molar refractivity (Wildman–Crippen MR) is 89.7 cm³/mol. The van der Waals surface area contributed by atoms with Gasteiger partial charge < -0.3 is 10.4 Å². The Morgan fingerprint density at radius 3 is 2.20 bits per heavy atom. The second-order valence-electron chi connectivity index (χ2n) is 5.58. The van der Waals surface area contributed by atoms with Gasteiger partial charge in [-0.2, -0.15) is 0 Å². The molecule has 5 nitrogen and oxygen atoms in total. The number of hydrogen-bond donors (Lipinski definition) is 2. The number of hydrogen-bond acceptors (Lipinski definition) is 3. The summed E-state index contributed by atoms with van der Waals surface area (Å²) < 4.78 is 12.8. The number of halogens is 1. The van der Waals surface area contributed by atoms with Crippen LogP contribution in [0.5, 0.6) is 0 Å². The monoisotopic (exact) mass is 343 g/mol. The molecule has 0 bridgehead atoms. The molecule has 0 aromatic heterocycles. The van der Waals surface area contributed by atoms with Crippen molar-refractivity contribution in [3.63, 3.8) is 0 Å². The average Bonchev–Trinajstić information content (AvgIpc) is 2.60. The van der Waals surface area contributed by atoms with Crippen molar-refractivity contribution < 1.29 is 23.9 Å². The van der Waals surface area contributed by atoms with Gasteiger partial charge in [0.2, 0.25) is 5.91 Å². The fourth-order valence-corrected chi connectivity index (χ4v) is 2.32. The standard InChI is InChI=1S/C19H18FNO4/c20-15-8-6-14(7-9-15)17(22)10-11-18(23)21-16(19(24)25)12-13-4-2-1-3-5-13/h1-9,16H,10-12H2,(H,21,23)(H,24,25). The Balaban J connectivity index is 1.87. The number of carboxylic acids is 1. The maximum atomic E-state index is 12.8. The van der Waals surface area contributed by atoms with E-state index >= 15 is 0 Å². The molecule has 2 N–H and O–H groups in total. The van der Waals surface area contributed by atoms with Crippen molar-refractivity contribution in [2.75, 3.05) is 0 Å².